The van der Waals surface area contributed by atoms with Gasteiger partial charge in [0.05, 0.1) is 6.04 Å². The van der Waals surface area contributed by atoms with Crippen molar-refractivity contribution in [1.29, 1.82) is 0 Å². The Morgan fingerprint density at radius 2 is 2.33 bits per heavy atom. The van der Waals surface area contributed by atoms with Crippen LogP contribution < -0.4 is 11.1 Å². The average Bonchev–Trinajstić information content (AvgIpc) is 1.90. The number of piperidine rings is 1. The fraction of sp³-hybridized carbons (Fsp3) is 0.833. The normalized spacial score (nSPS) is 27.8. The molecule has 3 heteroatoms. The SMILES string of the molecule is [NH]C(=O)[C@@H]1CCCCN1. The molecule has 1 fully saturated rings. The van der Waals surface area contributed by atoms with Crippen molar-refractivity contribution in [3.63, 3.8) is 0 Å². The van der Waals surface area contributed by atoms with Gasteiger partial charge < -0.3 is 5.32 Å². The molecule has 0 aromatic carbocycles. The number of amides is 1. The lowest BCUT2D eigenvalue weighted by atomic mass is 10.1. The van der Waals surface area contributed by atoms with Crippen LogP contribution in [0.15, 0.2) is 0 Å². The topological polar surface area (TPSA) is 52.9 Å². The Hall–Kier alpha value is -0.570. The molecule has 0 aromatic rings. The molecule has 3 nitrogen and oxygen atoms in total. The maximum atomic E-state index is 10.4. The van der Waals surface area contributed by atoms with Gasteiger partial charge in [0.1, 0.15) is 0 Å². The van der Waals surface area contributed by atoms with Gasteiger partial charge in [0, 0.05) is 0 Å². The van der Waals surface area contributed by atoms with Crippen LogP contribution >= 0.6 is 0 Å². The molecule has 1 amide bonds. The second-order valence-electron chi connectivity index (χ2n) is 2.37. The monoisotopic (exact) mass is 127 g/mol. The van der Waals surface area contributed by atoms with Gasteiger partial charge in [-0.2, -0.15) is 0 Å². The highest BCUT2D eigenvalue weighted by Crippen LogP contribution is 2.05. The first-order chi connectivity index (χ1) is 4.30. The summed E-state index contributed by atoms with van der Waals surface area (Å²) in [6, 6.07) is -0.168. The van der Waals surface area contributed by atoms with E-state index in [1.54, 1.807) is 0 Å². The minimum atomic E-state index is -0.463. The number of carbonyl (C=O) groups excluding carboxylic acids is 1. The summed E-state index contributed by atoms with van der Waals surface area (Å²) in [4.78, 5) is 10.4. The summed E-state index contributed by atoms with van der Waals surface area (Å²) in [6.07, 6.45) is 3.08. The molecule has 0 saturated carbocycles. The van der Waals surface area contributed by atoms with Crippen molar-refractivity contribution in [1.82, 2.24) is 11.1 Å². The predicted molar refractivity (Wildman–Crippen MR) is 33.7 cm³/mol. The van der Waals surface area contributed by atoms with Crippen LogP contribution in [0.5, 0.6) is 0 Å². The number of carbonyl (C=O) groups is 1. The summed E-state index contributed by atoms with van der Waals surface area (Å²) in [7, 11) is 0. The van der Waals surface area contributed by atoms with Crippen LogP contribution in [0.1, 0.15) is 19.3 Å². The molecule has 0 aromatic heterocycles. The van der Waals surface area contributed by atoms with Gasteiger partial charge in [-0.05, 0) is 19.4 Å². The highest BCUT2D eigenvalue weighted by Gasteiger charge is 2.17. The van der Waals surface area contributed by atoms with Gasteiger partial charge in [-0.3, -0.25) is 10.5 Å². The van der Waals surface area contributed by atoms with E-state index in [0.29, 0.717) is 0 Å². The fourth-order valence-corrected chi connectivity index (χ4v) is 1.08. The van der Waals surface area contributed by atoms with E-state index in [9.17, 15) is 4.79 Å². The van der Waals surface area contributed by atoms with E-state index in [-0.39, 0.29) is 6.04 Å². The molecular formula is C6H11N2O. The lowest BCUT2D eigenvalue weighted by molar-refractivity contribution is -0.121. The summed E-state index contributed by atoms with van der Waals surface area (Å²) < 4.78 is 0. The van der Waals surface area contributed by atoms with Crippen LogP contribution in [-0.2, 0) is 4.79 Å². The fourth-order valence-electron chi connectivity index (χ4n) is 1.08. The lowest BCUT2D eigenvalue weighted by Crippen LogP contribution is -2.40. The van der Waals surface area contributed by atoms with Crippen LogP contribution in [-0.4, -0.2) is 18.5 Å². The summed E-state index contributed by atoms with van der Waals surface area (Å²) in [5.41, 5.74) is 6.77. The third-order valence-corrected chi connectivity index (χ3v) is 1.63. The zero-order valence-corrected chi connectivity index (χ0v) is 5.31. The summed E-state index contributed by atoms with van der Waals surface area (Å²) in [6.45, 7) is 0.898. The quantitative estimate of drug-likeness (QED) is 0.536. The van der Waals surface area contributed by atoms with Gasteiger partial charge in [-0.25, -0.2) is 0 Å². The van der Waals surface area contributed by atoms with Crippen LogP contribution in [0.3, 0.4) is 0 Å². The van der Waals surface area contributed by atoms with E-state index in [2.05, 4.69) is 5.32 Å². The first-order valence-electron chi connectivity index (χ1n) is 3.29. The Kier molecular flexibility index (Phi) is 2.05. The zero-order valence-electron chi connectivity index (χ0n) is 5.31. The van der Waals surface area contributed by atoms with Crippen molar-refractivity contribution < 1.29 is 4.79 Å². The molecule has 1 radical (unpaired) electrons. The average molecular weight is 127 g/mol. The molecule has 0 unspecified atom stereocenters. The van der Waals surface area contributed by atoms with E-state index in [0.717, 1.165) is 25.8 Å². The molecule has 1 aliphatic rings. The van der Waals surface area contributed by atoms with Gasteiger partial charge in [-0.15, -0.1) is 0 Å². The third-order valence-electron chi connectivity index (χ3n) is 1.63. The zero-order chi connectivity index (χ0) is 6.69. The second kappa shape index (κ2) is 2.82. The molecule has 2 N–H and O–H groups in total. The third kappa shape index (κ3) is 1.68. The van der Waals surface area contributed by atoms with E-state index < -0.39 is 5.91 Å². The van der Waals surface area contributed by atoms with Gasteiger partial charge >= 0.3 is 0 Å². The molecule has 51 valence electrons. The Balaban J connectivity index is 2.31. The van der Waals surface area contributed by atoms with Crippen LogP contribution in [0.2, 0.25) is 0 Å². The molecule has 0 spiro atoms. The first-order valence-corrected chi connectivity index (χ1v) is 3.29. The Morgan fingerprint density at radius 1 is 1.56 bits per heavy atom. The van der Waals surface area contributed by atoms with Gasteiger partial charge in [0.2, 0.25) is 0 Å². The number of hydrogen-bond donors (Lipinski definition) is 1. The lowest BCUT2D eigenvalue weighted by Gasteiger charge is -2.19. The standard InChI is InChI=1S/C6H11N2O/c7-6(9)5-3-1-2-4-8-5/h5,7-8H,1-4H2/t5-/m0/s1. The van der Waals surface area contributed by atoms with Gasteiger partial charge in [0.15, 0.2) is 0 Å². The molecular weight excluding hydrogens is 116 g/mol. The maximum absolute atomic E-state index is 10.4. The predicted octanol–water partition coefficient (Wildman–Crippen LogP) is -0.0620. The smallest absolute Gasteiger partial charge is 0.255 e. The number of nitrogens with one attached hydrogen (secondary N) is 2. The van der Waals surface area contributed by atoms with Gasteiger partial charge in [-0.1, -0.05) is 6.42 Å². The van der Waals surface area contributed by atoms with Crippen LogP contribution in [0, 0.1) is 0 Å². The van der Waals surface area contributed by atoms with Crippen molar-refractivity contribution in [2.45, 2.75) is 25.3 Å². The largest absolute Gasteiger partial charge is 0.306 e. The van der Waals surface area contributed by atoms with E-state index in [4.69, 9.17) is 5.73 Å². The molecule has 0 bridgehead atoms. The number of rotatable bonds is 1. The second-order valence-corrected chi connectivity index (χ2v) is 2.37. The van der Waals surface area contributed by atoms with Crippen LogP contribution in [0.25, 0.3) is 0 Å². The summed E-state index contributed by atoms with van der Waals surface area (Å²) in [5, 5.41) is 2.98. The molecule has 1 saturated heterocycles. The van der Waals surface area contributed by atoms with Crippen molar-refractivity contribution >= 4 is 5.91 Å². The van der Waals surface area contributed by atoms with Gasteiger partial charge in [0.25, 0.3) is 5.91 Å². The number of hydrogen-bond acceptors (Lipinski definition) is 2. The highest BCUT2D eigenvalue weighted by molar-refractivity contribution is 5.79. The highest BCUT2D eigenvalue weighted by atomic mass is 16.1. The summed E-state index contributed by atoms with van der Waals surface area (Å²) in [5.74, 6) is -0.463. The Bertz CT molecular complexity index is 108. The molecule has 1 atom stereocenters. The van der Waals surface area contributed by atoms with Crippen molar-refractivity contribution in [3.8, 4) is 0 Å². The molecule has 1 aliphatic heterocycles. The summed E-state index contributed by atoms with van der Waals surface area (Å²) >= 11 is 0. The maximum Gasteiger partial charge on any atom is 0.255 e. The van der Waals surface area contributed by atoms with E-state index in [1.165, 1.54) is 0 Å². The van der Waals surface area contributed by atoms with E-state index >= 15 is 0 Å². The van der Waals surface area contributed by atoms with Crippen molar-refractivity contribution in [2.24, 2.45) is 0 Å². The molecule has 1 rings (SSSR count). The molecule has 1 heterocycles. The van der Waals surface area contributed by atoms with E-state index in [1.807, 2.05) is 0 Å². The van der Waals surface area contributed by atoms with Crippen molar-refractivity contribution in [3.05, 3.63) is 0 Å². The Labute approximate surface area is 54.6 Å². The minimum absolute atomic E-state index is 0.168. The first kappa shape index (κ1) is 6.55. The van der Waals surface area contributed by atoms with Crippen LogP contribution in [0.4, 0.5) is 0 Å². The Morgan fingerprint density at radius 3 is 2.67 bits per heavy atom. The van der Waals surface area contributed by atoms with Crippen molar-refractivity contribution in [2.75, 3.05) is 6.54 Å². The minimum Gasteiger partial charge on any atom is -0.306 e. The molecule has 0 aliphatic carbocycles. The molecule has 9 heavy (non-hydrogen) atoms.